The number of benzene rings is 2. The first-order valence-corrected chi connectivity index (χ1v) is 10.8. The molecule has 2 fully saturated rings. The highest BCUT2D eigenvalue weighted by molar-refractivity contribution is 5.96. The summed E-state index contributed by atoms with van der Waals surface area (Å²) in [5.74, 6) is 0.908. The Hall–Kier alpha value is -3.19. The Bertz CT molecular complexity index is 1130. The fourth-order valence-corrected chi connectivity index (χ4v) is 4.55. The number of aromatic nitrogens is 2. The Morgan fingerprint density at radius 3 is 2.74 bits per heavy atom. The van der Waals surface area contributed by atoms with Gasteiger partial charge in [-0.3, -0.25) is 9.59 Å². The molecule has 1 aromatic heterocycles. The number of imidazole rings is 1. The maximum absolute atomic E-state index is 13.0. The second-order valence-corrected chi connectivity index (χ2v) is 8.28. The van der Waals surface area contributed by atoms with Crippen LogP contribution in [0.3, 0.4) is 0 Å². The van der Waals surface area contributed by atoms with Gasteiger partial charge in [0.2, 0.25) is 11.8 Å². The third-order valence-corrected chi connectivity index (χ3v) is 6.14. The molecule has 2 aliphatic heterocycles. The van der Waals surface area contributed by atoms with Gasteiger partial charge in [0.25, 0.3) is 0 Å². The van der Waals surface area contributed by atoms with Gasteiger partial charge in [-0.25, -0.2) is 4.98 Å². The zero-order valence-corrected chi connectivity index (χ0v) is 17.7. The molecule has 1 atom stereocenters. The van der Waals surface area contributed by atoms with Gasteiger partial charge < -0.3 is 19.1 Å². The van der Waals surface area contributed by atoms with Gasteiger partial charge in [-0.05, 0) is 36.8 Å². The van der Waals surface area contributed by atoms with Crippen molar-refractivity contribution in [2.45, 2.75) is 25.8 Å². The molecule has 0 unspecified atom stereocenters. The lowest BCUT2D eigenvalue weighted by molar-refractivity contribution is -0.135. The molecule has 3 aromatic rings. The lowest BCUT2D eigenvalue weighted by Gasteiger charge is -2.27. The highest BCUT2D eigenvalue weighted by Crippen LogP contribution is 2.33. The van der Waals surface area contributed by atoms with E-state index in [1.807, 2.05) is 69.8 Å². The van der Waals surface area contributed by atoms with E-state index in [0.717, 1.165) is 28.1 Å². The van der Waals surface area contributed by atoms with Gasteiger partial charge in [0.1, 0.15) is 12.4 Å². The highest BCUT2D eigenvalue weighted by atomic mass is 16.5. The summed E-state index contributed by atoms with van der Waals surface area (Å²) in [5.41, 5.74) is 3.82. The van der Waals surface area contributed by atoms with Crippen LogP contribution in [0, 0.1) is 6.92 Å². The summed E-state index contributed by atoms with van der Waals surface area (Å²) in [4.78, 5) is 34.4. The zero-order chi connectivity index (χ0) is 21.4. The van der Waals surface area contributed by atoms with Crippen LogP contribution in [-0.4, -0.2) is 59.1 Å². The number of morpholine rings is 1. The molecule has 2 amide bonds. The van der Waals surface area contributed by atoms with Gasteiger partial charge >= 0.3 is 0 Å². The molecule has 0 bridgehead atoms. The maximum atomic E-state index is 13.0. The van der Waals surface area contributed by atoms with Crippen molar-refractivity contribution in [3.05, 3.63) is 59.9 Å². The van der Waals surface area contributed by atoms with E-state index in [2.05, 4.69) is 0 Å². The van der Waals surface area contributed by atoms with Crippen molar-refractivity contribution >= 4 is 28.5 Å². The van der Waals surface area contributed by atoms with Crippen molar-refractivity contribution in [3.63, 3.8) is 0 Å². The summed E-state index contributed by atoms with van der Waals surface area (Å²) in [5, 5.41) is 0. The van der Waals surface area contributed by atoms with Gasteiger partial charge in [-0.1, -0.05) is 24.3 Å². The molecule has 7 heteroatoms. The Morgan fingerprint density at radius 2 is 1.94 bits per heavy atom. The number of para-hydroxylation sites is 2. The predicted octanol–water partition coefficient (Wildman–Crippen LogP) is 2.72. The van der Waals surface area contributed by atoms with Crippen LogP contribution in [0.15, 0.2) is 48.5 Å². The second kappa shape index (κ2) is 8.15. The standard InChI is InChI=1S/C24H26N4O3/c1-17-5-4-6-19(13-17)27-15-18(14-22(27)29)24-25-20-7-2-3-8-21(20)28(24)16-23(30)26-9-11-31-12-10-26/h2-8,13,18H,9-12,14-16H2,1H3/t18-/m0/s1. The van der Waals surface area contributed by atoms with Gasteiger partial charge in [0.05, 0.1) is 24.2 Å². The summed E-state index contributed by atoms with van der Waals surface area (Å²) in [6.45, 7) is 5.20. The largest absolute Gasteiger partial charge is 0.378 e. The first kappa shape index (κ1) is 19.8. The smallest absolute Gasteiger partial charge is 0.242 e. The fourth-order valence-electron chi connectivity index (χ4n) is 4.55. The third kappa shape index (κ3) is 3.81. The SMILES string of the molecule is Cc1cccc(N2C[C@@H](c3nc4ccccc4n3CC(=O)N3CCOCC3)CC2=O)c1. The third-order valence-electron chi connectivity index (χ3n) is 6.14. The lowest BCUT2D eigenvalue weighted by Crippen LogP contribution is -2.42. The Labute approximate surface area is 181 Å². The van der Waals surface area contributed by atoms with Crippen LogP contribution in [0.5, 0.6) is 0 Å². The van der Waals surface area contributed by atoms with Crippen LogP contribution in [0.2, 0.25) is 0 Å². The molecule has 0 N–H and O–H groups in total. The van der Waals surface area contributed by atoms with E-state index in [1.54, 1.807) is 0 Å². The van der Waals surface area contributed by atoms with Crippen molar-refractivity contribution in [2.75, 3.05) is 37.7 Å². The van der Waals surface area contributed by atoms with E-state index in [0.29, 0.717) is 39.3 Å². The van der Waals surface area contributed by atoms with Crippen molar-refractivity contribution in [2.24, 2.45) is 0 Å². The molecule has 5 rings (SSSR count). The average molecular weight is 418 g/mol. The molecule has 160 valence electrons. The maximum Gasteiger partial charge on any atom is 0.242 e. The molecular weight excluding hydrogens is 392 g/mol. The highest BCUT2D eigenvalue weighted by Gasteiger charge is 2.35. The molecule has 31 heavy (non-hydrogen) atoms. The number of ether oxygens (including phenoxy) is 1. The van der Waals surface area contributed by atoms with Gasteiger partial charge in [-0.15, -0.1) is 0 Å². The number of carbonyl (C=O) groups is 2. The molecule has 2 saturated heterocycles. The lowest BCUT2D eigenvalue weighted by atomic mass is 10.1. The number of carbonyl (C=O) groups excluding carboxylic acids is 2. The molecule has 2 aromatic carbocycles. The van der Waals surface area contributed by atoms with Crippen LogP contribution < -0.4 is 4.90 Å². The molecule has 0 aliphatic carbocycles. The Balaban J connectivity index is 1.46. The Kier molecular flexibility index (Phi) is 5.19. The summed E-state index contributed by atoms with van der Waals surface area (Å²) >= 11 is 0. The van der Waals surface area contributed by atoms with E-state index < -0.39 is 0 Å². The molecule has 3 heterocycles. The van der Waals surface area contributed by atoms with Crippen LogP contribution in [0.4, 0.5) is 5.69 Å². The van der Waals surface area contributed by atoms with Crippen molar-refractivity contribution in [3.8, 4) is 0 Å². The number of nitrogens with zero attached hydrogens (tertiary/aromatic N) is 4. The van der Waals surface area contributed by atoms with E-state index in [4.69, 9.17) is 9.72 Å². The topological polar surface area (TPSA) is 67.7 Å². The van der Waals surface area contributed by atoms with Crippen molar-refractivity contribution in [1.29, 1.82) is 0 Å². The molecule has 2 aliphatic rings. The van der Waals surface area contributed by atoms with Gasteiger partial charge in [-0.2, -0.15) is 0 Å². The van der Waals surface area contributed by atoms with Crippen LogP contribution in [0.25, 0.3) is 11.0 Å². The minimum atomic E-state index is -0.0575. The fraction of sp³-hybridized carbons (Fsp3) is 0.375. The number of hydrogen-bond donors (Lipinski definition) is 0. The first-order chi connectivity index (χ1) is 15.1. The molecule has 0 saturated carbocycles. The minimum Gasteiger partial charge on any atom is -0.378 e. The number of aryl methyl sites for hydroxylation is 1. The van der Waals surface area contributed by atoms with Gasteiger partial charge in [0.15, 0.2) is 0 Å². The predicted molar refractivity (Wildman–Crippen MR) is 118 cm³/mol. The second-order valence-electron chi connectivity index (χ2n) is 8.28. The summed E-state index contributed by atoms with van der Waals surface area (Å²) in [6, 6.07) is 15.9. The molecule has 0 radical (unpaired) electrons. The number of rotatable bonds is 4. The molecular formula is C24H26N4O3. The molecule has 7 nitrogen and oxygen atoms in total. The number of anilines is 1. The van der Waals surface area contributed by atoms with E-state index in [9.17, 15) is 9.59 Å². The molecule has 0 spiro atoms. The normalized spacial score (nSPS) is 19.4. The number of fused-ring (bicyclic) bond motifs is 1. The van der Waals surface area contributed by atoms with E-state index >= 15 is 0 Å². The summed E-state index contributed by atoms with van der Waals surface area (Å²) in [7, 11) is 0. The van der Waals surface area contributed by atoms with Crippen LogP contribution in [0.1, 0.15) is 23.7 Å². The minimum absolute atomic E-state index is 0.0575. The van der Waals surface area contributed by atoms with Crippen molar-refractivity contribution in [1.82, 2.24) is 14.5 Å². The van der Waals surface area contributed by atoms with E-state index in [-0.39, 0.29) is 24.3 Å². The monoisotopic (exact) mass is 418 g/mol. The van der Waals surface area contributed by atoms with Gasteiger partial charge in [0, 0.05) is 37.7 Å². The zero-order valence-electron chi connectivity index (χ0n) is 17.7. The number of hydrogen-bond acceptors (Lipinski definition) is 4. The quantitative estimate of drug-likeness (QED) is 0.653. The summed E-state index contributed by atoms with van der Waals surface area (Å²) < 4.78 is 7.38. The Morgan fingerprint density at radius 1 is 1.13 bits per heavy atom. The van der Waals surface area contributed by atoms with Crippen molar-refractivity contribution < 1.29 is 14.3 Å². The summed E-state index contributed by atoms with van der Waals surface area (Å²) in [6.07, 6.45) is 0.392. The number of amides is 2. The average Bonchev–Trinajstić information content (AvgIpc) is 3.35. The first-order valence-electron chi connectivity index (χ1n) is 10.8. The van der Waals surface area contributed by atoms with Crippen LogP contribution >= 0.6 is 0 Å². The van der Waals surface area contributed by atoms with Crippen LogP contribution in [-0.2, 0) is 20.9 Å². The van der Waals surface area contributed by atoms with E-state index in [1.165, 1.54) is 0 Å².